The molecule has 1 aliphatic carbocycles. The van der Waals surface area contributed by atoms with E-state index in [1.54, 1.807) is 0 Å². The number of likely N-dealkylation sites (tertiary alicyclic amines) is 1. The summed E-state index contributed by atoms with van der Waals surface area (Å²) < 4.78 is 0. The molecule has 1 aromatic rings. The summed E-state index contributed by atoms with van der Waals surface area (Å²) in [4.78, 5) is 12.2. The number of halogens is 1. The molecule has 0 atom stereocenters. The second kappa shape index (κ2) is 11.0. The monoisotopic (exact) mass is 525 g/mol. The van der Waals surface area contributed by atoms with Gasteiger partial charge in [-0.05, 0) is 68.7 Å². The minimum Gasteiger partial charge on any atom is -0.369 e. The molecule has 3 fully saturated rings. The normalized spacial score (nSPS) is 21.5. The van der Waals surface area contributed by atoms with Gasteiger partial charge in [0.25, 0.3) is 0 Å². The molecule has 0 bridgehead atoms. The molecule has 0 unspecified atom stereocenters. The Kier molecular flexibility index (Phi) is 8.69. The minimum atomic E-state index is 0. The number of guanidine groups is 1. The van der Waals surface area contributed by atoms with Crippen LogP contribution in [-0.4, -0.2) is 75.2 Å². The van der Waals surface area contributed by atoms with E-state index >= 15 is 0 Å². The molecule has 30 heavy (non-hydrogen) atoms. The molecule has 6 heteroatoms. The number of rotatable bonds is 6. The van der Waals surface area contributed by atoms with E-state index in [1.807, 2.05) is 7.05 Å². The van der Waals surface area contributed by atoms with Crippen molar-refractivity contribution in [2.24, 2.45) is 10.4 Å². The van der Waals surface area contributed by atoms with Gasteiger partial charge in [0.15, 0.2) is 5.96 Å². The van der Waals surface area contributed by atoms with E-state index in [9.17, 15) is 0 Å². The first-order valence-corrected chi connectivity index (χ1v) is 11.7. The first-order chi connectivity index (χ1) is 14.2. The quantitative estimate of drug-likeness (QED) is 0.264. The summed E-state index contributed by atoms with van der Waals surface area (Å²) in [6.07, 6.45) is 8.13. The Morgan fingerprint density at radius 3 is 2.50 bits per heavy atom. The van der Waals surface area contributed by atoms with Gasteiger partial charge in [0.05, 0.1) is 0 Å². The Labute approximate surface area is 200 Å². The number of hydrogen-bond acceptors (Lipinski definition) is 3. The molecule has 0 radical (unpaired) electrons. The van der Waals surface area contributed by atoms with Crippen molar-refractivity contribution in [1.29, 1.82) is 0 Å². The predicted octanol–water partition coefficient (Wildman–Crippen LogP) is 3.97. The van der Waals surface area contributed by atoms with E-state index in [-0.39, 0.29) is 24.0 Å². The van der Waals surface area contributed by atoms with Gasteiger partial charge >= 0.3 is 0 Å². The Bertz CT molecular complexity index is 695. The molecule has 1 saturated carbocycles. The molecule has 168 valence electrons. The molecule has 3 aliphatic rings. The molecule has 2 heterocycles. The van der Waals surface area contributed by atoms with Gasteiger partial charge < -0.3 is 15.1 Å². The fourth-order valence-electron chi connectivity index (χ4n) is 5.25. The molecule has 2 saturated heterocycles. The van der Waals surface area contributed by atoms with Crippen molar-refractivity contribution in [2.75, 3.05) is 64.3 Å². The van der Waals surface area contributed by atoms with Crippen LogP contribution >= 0.6 is 24.0 Å². The molecular weight excluding hydrogens is 485 g/mol. The number of nitrogens with one attached hydrogen (secondary N) is 1. The zero-order valence-corrected chi connectivity index (χ0v) is 21.2. The van der Waals surface area contributed by atoms with E-state index in [4.69, 9.17) is 0 Å². The van der Waals surface area contributed by atoms with Crippen LogP contribution in [0.1, 0.15) is 44.1 Å². The second-order valence-electron chi connectivity index (χ2n) is 9.37. The second-order valence-corrected chi connectivity index (χ2v) is 9.37. The summed E-state index contributed by atoms with van der Waals surface area (Å²) in [5.41, 5.74) is 3.37. The van der Waals surface area contributed by atoms with Crippen molar-refractivity contribution in [3.05, 3.63) is 29.8 Å². The van der Waals surface area contributed by atoms with Gasteiger partial charge in [0, 0.05) is 58.5 Å². The lowest BCUT2D eigenvalue weighted by Crippen LogP contribution is -2.46. The first kappa shape index (κ1) is 23.6. The van der Waals surface area contributed by atoms with Crippen LogP contribution in [0.3, 0.4) is 0 Å². The van der Waals surface area contributed by atoms with Gasteiger partial charge in [-0.2, -0.15) is 0 Å². The zero-order valence-electron chi connectivity index (χ0n) is 18.9. The summed E-state index contributed by atoms with van der Waals surface area (Å²) in [7, 11) is 1.93. The first-order valence-electron chi connectivity index (χ1n) is 11.7. The average Bonchev–Trinajstić information content (AvgIpc) is 3.17. The maximum atomic E-state index is 4.54. The molecule has 1 N–H and O–H groups in total. The van der Waals surface area contributed by atoms with Gasteiger partial charge in [-0.25, -0.2) is 0 Å². The van der Waals surface area contributed by atoms with Crippen molar-refractivity contribution in [3.8, 4) is 0 Å². The summed E-state index contributed by atoms with van der Waals surface area (Å²) in [5.74, 6) is 1.13. The van der Waals surface area contributed by atoms with E-state index in [0.717, 1.165) is 25.6 Å². The van der Waals surface area contributed by atoms with Gasteiger partial charge in [0.1, 0.15) is 0 Å². The highest BCUT2D eigenvalue weighted by molar-refractivity contribution is 14.0. The maximum absolute atomic E-state index is 4.54. The van der Waals surface area contributed by atoms with Gasteiger partial charge in [-0.3, -0.25) is 9.89 Å². The van der Waals surface area contributed by atoms with Gasteiger partial charge in [0.2, 0.25) is 0 Å². The number of aliphatic imine (C=N–C) groups is 1. The van der Waals surface area contributed by atoms with Crippen LogP contribution in [-0.2, 0) is 0 Å². The molecule has 0 amide bonds. The number of unbranched alkanes of at least 4 members (excludes halogenated alkanes) is 1. The average molecular weight is 526 g/mol. The number of benzene rings is 1. The minimum absolute atomic E-state index is 0. The lowest BCUT2D eigenvalue weighted by atomic mass is 9.68. The van der Waals surface area contributed by atoms with Crippen molar-refractivity contribution in [3.63, 3.8) is 0 Å². The molecule has 4 rings (SSSR count). The fraction of sp³-hybridized carbons (Fsp3) is 0.708. The van der Waals surface area contributed by atoms with E-state index in [0.29, 0.717) is 5.41 Å². The Morgan fingerprint density at radius 1 is 1.07 bits per heavy atom. The summed E-state index contributed by atoms with van der Waals surface area (Å²) in [6, 6.07) is 8.90. The van der Waals surface area contributed by atoms with Crippen molar-refractivity contribution in [1.82, 2.24) is 15.1 Å². The molecule has 5 nitrogen and oxygen atoms in total. The highest BCUT2D eigenvalue weighted by Crippen LogP contribution is 2.47. The van der Waals surface area contributed by atoms with E-state index in [1.165, 1.54) is 82.5 Å². The van der Waals surface area contributed by atoms with Crippen LogP contribution in [0.15, 0.2) is 29.3 Å². The number of nitrogens with zero attached hydrogens (tertiary/aromatic N) is 4. The third-order valence-electron chi connectivity index (χ3n) is 7.29. The van der Waals surface area contributed by atoms with Crippen LogP contribution in [0.5, 0.6) is 0 Å². The topological polar surface area (TPSA) is 34.1 Å². The zero-order chi connectivity index (χ0) is 20.1. The standard InChI is InChI=1S/C24H39N5.HI/c1-21-7-5-8-22(19-21)28-17-15-27(16-18-28)13-4-3-12-26-23(25-2)29-14-11-24(20-29)9-6-10-24;/h5,7-8,19H,3-4,6,9-18,20H2,1-2H3,(H,25,26);1H. The third kappa shape index (κ3) is 5.81. The Balaban J connectivity index is 0.00000256. The highest BCUT2D eigenvalue weighted by atomic mass is 127. The number of hydrogen-bond donors (Lipinski definition) is 1. The smallest absolute Gasteiger partial charge is 0.193 e. The lowest BCUT2D eigenvalue weighted by Gasteiger charge is -2.38. The largest absolute Gasteiger partial charge is 0.369 e. The Morgan fingerprint density at radius 2 is 1.87 bits per heavy atom. The van der Waals surface area contributed by atoms with E-state index in [2.05, 4.69) is 56.2 Å². The van der Waals surface area contributed by atoms with Crippen LogP contribution in [0, 0.1) is 12.3 Å². The van der Waals surface area contributed by atoms with Gasteiger partial charge in [-0.1, -0.05) is 18.6 Å². The van der Waals surface area contributed by atoms with Crippen LogP contribution in [0.4, 0.5) is 5.69 Å². The molecule has 1 aromatic carbocycles. The number of piperazine rings is 1. The SMILES string of the molecule is CN=C(NCCCCN1CCN(c2cccc(C)c2)CC1)N1CCC2(CCC2)C1.I. The lowest BCUT2D eigenvalue weighted by molar-refractivity contribution is 0.151. The van der Waals surface area contributed by atoms with E-state index < -0.39 is 0 Å². The molecule has 1 spiro atoms. The van der Waals surface area contributed by atoms with Gasteiger partial charge in [-0.15, -0.1) is 24.0 Å². The summed E-state index contributed by atoms with van der Waals surface area (Å²) >= 11 is 0. The predicted molar refractivity (Wildman–Crippen MR) is 138 cm³/mol. The number of aryl methyl sites for hydroxylation is 1. The molecule has 0 aromatic heterocycles. The summed E-state index contributed by atoms with van der Waals surface area (Å²) in [6.45, 7) is 11.5. The van der Waals surface area contributed by atoms with Crippen LogP contribution < -0.4 is 10.2 Å². The van der Waals surface area contributed by atoms with Crippen LogP contribution in [0.25, 0.3) is 0 Å². The highest BCUT2D eigenvalue weighted by Gasteiger charge is 2.43. The fourth-order valence-corrected chi connectivity index (χ4v) is 5.25. The number of anilines is 1. The third-order valence-corrected chi connectivity index (χ3v) is 7.29. The van der Waals surface area contributed by atoms with Crippen molar-refractivity contribution < 1.29 is 0 Å². The van der Waals surface area contributed by atoms with Crippen molar-refractivity contribution >= 4 is 35.6 Å². The van der Waals surface area contributed by atoms with Crippen LogP contribution in [0.2, 0.25) is 0 Å². The summed E-state index contributed by atoms with van der Waals surface area (Å²) in [5, 5.41) is 3.62. The van der Waals surface area contributed by atoms with Crippen molar-refractivity contribution in [2.45, 2.75) is 45.4 Å². The maximum Gasteiger partial charge on any atom is 0.193 e. The molecular formula is C24H40IN5. The molecule has 2 aliphatic heterocycles. The Hall–Kier alpha value is -1.02.